The maximum Gasteiger partial charge on any atom is 0.274 e. The molecular weight excluding hydrogens is 232 g/mol. The molecule has 1 N–H and O–H groups in total. The summed E-state index contributed by atoms with van der Waals surface area (Å²) in [4.78, 5) is 7.26. The summed E-state index contributed by atoms with van der Waals surface area (Å²) in [6.45, 7) is 1.45. The number of aromatic nitrogens is 3. The minimum atomic E-state index is 0.210. The molecule has 0 saturated carbocycles. The summed E-state index contributed by atoms with van der Waals surface area (Å²) >= 11 is 0. The Morgan fingerprint density at radius 3 is 3.11 bits per heavy atom. The van der Waals surface area contributed by atoms with Crippen LogP contribution in [0.3, 0.4) is 0 Å². The minimum Gasteiger partial charge on any atom is -0.381 e. The van der Waals surface area contributed by atoms with Crippen molar-refractivity contribution < 1.29 is 9.26 Å². The molecule has 6 heteroatoms. The van der Waals surface area contributed by atoms with E-state index >= 15 is 0 Å². The molecule has 0 radical (unpaired) electrons. The van der Waals surface area contributed by atoms with Crippen molar-refractivity contribution in [3.05, 3.63) is 23.7 Å². The fourth-order valence-electron chi connectivity index (χ4n) is 2.04. The lowest BCUT2D eigenvalue weighted by molar-refractivity contribution is 0.0773. The highest BCUT2D eigenvalue weighted by Gasteiger charge is 2.22. The van der Waals surface area contributed by atoms with Crippen LogP contribution in [-0.4, -0.2) is 28.3 Å². The van der Waals surface area contributed by atoms with E-state index < -0.39 is 0 Å². The van der Waals surface area contributed by atoms with Gasteiger partial charge in [0.05, 0.1) is 6.61 Å². The molecule has 18 heavy (non-hydrogen) atoms. The van der Waals surface area contributed by atoms with Crippen molar-refractivity contribution >= 4 is 0 Å². The lowest BCUT2D eigenvalue weighted by Crippen LogP contribution is -2.16. The molecule has 1 aliphatic rings. The molecule has 1 fully saturated rings. The van der Waals surface area contributed by atoms with E-state index in [0.717, 1.165) is 19.4 Å². The summed E-state index contributed by atoms with van der Waals surface area (Å²) in [6, 6.07) is 5.46. The van der Waals surface area contributed by atoms with E-state index in [0.29, 0.717) is 29.7 Å². The van der Waals surface area contributed by atoms with Gasteiger partial charge in [0.1, 0.15) is 17.5 Å². The van der Waals surface area contributed by atoms with Crippen molar-refractivity contribution in [3.8, 4) is 17.7 Å². The minimum absolute atomic E-state index is 0.210. The van der Waals surface area contributed by atoms with Crippen LogP contribution in [0.5, 0.6) is 0 Å². The number of ether oxygens (including phenoxy) is 1. The van der Waals surface area contributed by atoms with Gasteiger partial charge >= 0.3 is 0 Å². The van der Waals surface area contributed by atoms with Crippen LogP contribution in [0.15, 0.2) is 16.7 Å². The standard InChI is InChI=1S/C12H12N4O2/c13-6-9-3-4-10(14-9)12-15-11(16-18-12)8-2-1-5-17-7-8/h3-4,8,14H,1-2,5,7H2. The average molecular weight is 244 g/mol. The molecule has 1 aliphatic heterocycles. The largest absolute Gasteiger partial charge is 0.381 e. The van der Waals surface area contributed by atoms with Crippen molar-refractivity contribution in [1.82, 2.24) is 15.1 Å². The zero-order valence-corrected chi connectivity index (χ0v) is 9.72. The van der Waals surface area contributed by atoms with E-state index in [9.17, 15) is 0 Å². The predicted molar refractivity (Wildman–Crippen MR) is 61.6 cm³/mol. The first-order chi connectivity index (χ1) is 8.86. The van der Waals surface area contributed by atoms with E-state index in [1.807, 2.05) is 6.07 Å². The molecule has 3 heterocycles. The summed E-state index contributed by atoms with van der Waals surface area (Å²) in [6.07, 6.45) is 2.04. The second-order valence-corrected chi connectivity index (χ2v) is 4.27. The second-order valence-electron chi connectivity index (χ2n) is 4.27. The van der Waals surface area contributed by atoms with Gasteiger partial charge in [0.2, 0.25) is 0 Å². The third-order valence-electron chi connectivity index (χ3n) is 3.00. The van der Waals surface area contributed by atoms with Gasteiger partial charge in [-0.1, -0.05) is 5.16 Å². The summed E-state index contributed by atoms with van der Waals surface area (Å²) in [5.41, 5.74) is 1.15. The zero-order chi connectivity index (χ0) is 12.4. The first-order valence-electron chi connectivity index (χ1n) is 5.87. The monoisotopic (exact) mass is 244 g/mol. The lowest BCUT2D eigenvalue weighted by atomic mass is 10.0. The Balaban J connectivity index is 1.82. The molecule has 3 rings (SSSR count). The first-order valence-corrected chi connectivity index (χ1v) is 5.87. The van der Waals surface area contributed by atoms with Gasteiger partial charge in [-0.15, -0.1) is 0 Å². The third-order valence-corrected chi connectivity index (χ3v) is 3.00. The third kappa shape index (κ3) is 2.00. The van der Waals surface area contributed by atoms with Crippen LogP contribution < -0.4 is 0 Å². The van der Waals surface area contributed by atoms with Crippen LogP contribution in [0.1, 0.15) is 30.3 Å². The Morgan fingerprint density at radius 1 is 1.44 bits per heavy atom. The molecule has 1 saturated heterocycles. The van der Waals surface area contributed by atoms with E-state index in [-0.39, 0.29) is 5.92 Å². The molecular formula is C12H12N4O2. The lowest BCUT2D eigenvalue weighted by Gasteiger charge is -2.18. The molecule has 1 unspecified atom stereocenters. The Bertz CT molecular complexity index is 575. The quantitative estimate of drug-likeness (QED) is 0.870. The fraction of sp³-hybridized carbons (Fsp3) is 0.417. The van der Waals surface area contributed by atoms with E-state index in [4.69, 9.17) is 14.5 Å². The number of nitrogens with zero attached hydrogens (tertiary/aromatic N) is 3. The highest BCUT2D eigenvalue weighted by Crippen LogP contribution is 2.25. The van der Waals surface area contributed by atoms with Gasteiger partial charge in [0.15, 0.2) is 5.82 Å². The van der Waals surface area contributed by atoms with Crippen LogP contribution in [0.4, 0.5) is 0 Å². The number of hydrogen-bond donors (Lipinski definition) is 1. The summed E-state index contributed by atoms with van der Waals surface area (Å²) in [7, 11) is 0. The van der Waals surface area contributed by atoms with Gasteiger partial charge in [-0.25, -0.2) is 0 Å². The van der Waals surface area contributed by atoms with E-state index in [2.05, 4.69) is 15.1 Å². The molecule has 0 aliphatic carbocycles. The Kier molecular flexibility index (Phi) is 2.82. The summed E-state index contributed by atoms with van der Waals surface area (Å²) < 4.78 is 10.6. The van der Waals surface area contributed by atoms with Gasteiger partial charge in [0.25, 0.3) is 5.89 Å². The Labute approximate surface area is 104 Å². The molecule has 6 nitrogen and oxygen atoms in total. The van der Waals surface area contributed by atoms with E-state index in [1.54, 1.807) is 12.1 Å². The molecule has 92 valence electrons. The number of nitrogens with one attached hydrogen (secondary N) is 1. The molecule has 2 aromatic rings. The highest BCUT2D eigenvalue weighted by molar-refractivity contribution is 5.49. The molecule has 0 amide bonds. The zero-order valence-electron chi connectivity index (χ0n) is 9.72. The fourth-order valence-corrected chi connectivity index (χ4v) is 2.04. The van der Waals surface area contributed by atoms with Crippen molar-refractivity contribution in [3.63, 3.8) is 0 Å². The van der Waals surface area contributed by atoms with Gasteiger partial charge in [-0.3, -0.25) is 0 Å². The first kappa shape index (κ1) is 11.0. The van der Waals surface area contributed by atoms with Crippen molar-refractivity contribution in [2.75, 3.05) is 13.2 Å². The molecule has 0 bridgehead atoms. The number of H-pyrrole nitrogens is 1. The van der Waals surface area contributed by atoms with Gasteiger partial charge < -0.3 is 14.2 Å². The van der Waals surface area contributed by atoms with Gasteiger partial charge in [0, 0.05) is 12.5 Å². The Hall–Kier alpha value is -2.13. The van der Waals surface area contributed by atoms with Crippen LogP contribution >= 0.6 is 0 Å². The Morgan fingerprint density at radius 2 is 2.39 bits per heavy atom. The molecule has 0 aromatic carbocycles. The second kappa shape index (κ2) is 4.63. The van der Waals surface area contributed by atoms with Crippen molar-refractivity contribution in [2.45, 2.75) is 18.8 Å². The SMILES string of the molecule is N#Cc1ccc(-c2nc(C3CCCOC3)no2)[nH]1. The maximum atomic E-state index is 8.74. The topological polar surface area (TPSA) is 87.7 Å². The normalized spacial score (nSPS) is 19.6. The number of aromatic amines is 1. The van der Waals surface area contributed by atoms with Crippen LogP contribution in [0.2, 0.25) is 0 Å². The van der Waals surface area contributed by atoms with Crippen LogP contribution in [0, 0.1) is 11.3 Å². The number of hydrogen-bond acceptors (Lipinski definition) is 5. The average Bonchev–Trinajstić information content (AvgIpc) is 3.08. The summed E-state index contributed by atoms with van der Waals surface area (Å²) in [5, 5.41) is 12.7. The van der Waals surface area contributed by atoms with Crippen LogP contribution in [0.25, 0.3) is 11.6 Å². The van der Waals surface area contributed by atoms with Gasteiger partial charge in [-0.05, 0) is 25.0 Å². The van der Waals surface area contributed by atoms with Crippen molar-refractivity contribution in [1.29, 1.82) is 5.26 Å². The number of rotatable bonds is 2. The maximum absolute atomic E-state index is 8.74. The van der Waals surface area contributed by atoms with E-state index in [1.165, 1.54) is 0 Å². The smallest absolute Gasteiger partial charge is 0.274 e. The molecule has 0 spiro atoms. The predicted octanol–water partition coefficient (Wildman–Crippen LogP) is 1.83. The molecule has 1 atom stereocenters. The van der Waals surface area contributed by atoms with Gasteiger partial charge in [-0.2, -0.15) is 10.2 Å². The highest BCUT2D eigenvalue weighted by atomic mass is 16.5. The van der Waals surface area contributed by atoms with Crippen LogP contribution in [-0.2, 0) is 4.74 Å². The van der Waals surface area contributed by atoms with Crippen molar-refractivity contribution in [2.24, 2.45) is 0 Å². The molecule has 2 aromatic heterocycles. The number of nitriles is 1. The summed E-state index contributed by atoms with van der Waals surface area (Å²) in [5.74, 6) is 1.30.